The molecule has 0 radical (unpaired) electrons. The lowest BCUT2D eigenvalue weighted by Crippen LogP contribution is -2.03. The minimum absolute atomic E-state index is 1.08. The molecular weight excluding hydrogens is 665 g/mol. The number of hydrogen-bond donors (Lipinski definition) is 0. The molecule has 0 heterocycles. The molecule has 0 aliphatic carbocycles. The number of benzene rings is 6. The molecule has 1 heteroatoms. The average Bonchev–Trinajstić information content (AvgIpc) is 3.20. The molecule has 6 aromatic carbocycles. The van der Waals surface area contributed by atoms with Crippen LogP contribution in [0.3, 0.4) is 0 Å². The predicted octanol–water partition coefficient (Wildman–Crippen LogP) is 17.2. The smallest absolute Gasteiger partial charge is 0.138 e. The Bertz CT molecular complexity index is 2010. The van der Waals surface area contributed by atoms with Crippen LogP contribution in [-0.4, -0.2) is 0 Å². The second-order valence-corrected chi connectivity index (χ2v) is 16.6. The largest absolute Gasteiger partial charge is 0.455 e. The third-order valence-corrected chi connectivity index (χ3v) is 12.4. The maximum absolute atomic E-state index is 7.70. The van der Waals surface area contributed by atoms with Gasteiger partial charge in [0.05, 0.1) is 0 Å². The number of ether oxygens (including phenoxy) is 1. The third kappa shape index (κ3) is 9.25. The van der Waals surface area contributed by atoms with Crippen molar-refractivity contribution in [3.05, 3.63) is 106 Å². The molecule has 6 aromatic rings. The van der Waals surface area contributed by atoms with E-state index in [9.17, 15) is 0 Å². The van der Waals surface area contributed by atoms with E-state index in [1.54, 1.807) is 0 Å². The molecule has 0 spiro atoms. The summed E-state index contributed by atoms with van der Waals surface area (Å²) in [5.41, 5.74) is 8.45. The fraction of sp³-hybridized carbons (Fsp3) is 0.481. The number of unbranched alkanes of at least 4 members (excludes halogenated alkanes) is 12. The van der Waals surface area contributed by atoms with Crippen LogP contribution in [0.5, 0.6) is 11.5 Å². The van der Waals surface area contributed by atoms with Crippen LogP contribution in [0, 0.1) is 13.8 Å². The Morgan fingerprint density at radius 2 is 0.636 bits per heavy atom. The van der Waals surface area contributed by atoms with Gasteiger partial charge in [0.25, 0.3) is 0 Å². The highest BCUT2D eigenvalue weighted by atomic mass is 16.5. The number of hydrogen-bond acceptors (Lipinski definition) is 1. The molecule has 1 nitrogen and oxygen atoms in total. The highest BCUT2D eigenvalue weighted by molar-refractivity contribution is 6.11. The fourth-order valence-electron chi connectivity index (χ4n) is 9.39. The molecule has 0 fully saturated rings. The summed E-state index contributed by atoms with van der Waals surface area (Å²) in [5, 5.41) is 11.3. The first-order chi connectivity index (χ1) is 27.0. The average molecular weight is 735 g/mol. The summed E-state index contributed by atoms with van der Waals surface area (Å²) in [6.45, 7) is 13.8. The van der Waals surface area contributed by atoms with Gasteiger partial charge in [-0.05, 0) is 131 Å². The van der Waals surface area contributed by atoms with Gasteiger partial charge in [-0.1, -0.05) is 178 Å². The summed E-state index contributed by atoms with van der Waals surface area (Å²) in [6.07, 6.45) is 24.6. The minimum Gasteiger partial charge on any atom is -0.455 e. The zero-order valence-electron chi connectivity index (χ0n) is 35.5. The first kappa shape index (κ1) is 40.8. The second-order valence-electron chi connectivity index (χ2n) is 16.6. The highest BCUT2D eigenvalue weighted by Crippen LogP contribution is 2.47. The Balaban J connectivity index is 1.62. The lowest BCUT2D eigenvalue weighted by atomic mass is 9.85. The van der Waals surface area contributed by atoms with E-state index in [4.69, 9.17) is 4.74 Å². The summed E-state index contributed by atoms with van der Waals surface area (Å²) in [7, 11) is 0. The van der Waals surface area contributed by atoms with Crippen molar-refractivity contribution in [1.29, 1.82) is 0 Å². The van der Waals surface area contributed by atoms with Gasteiger partial charge in [0.15, 0.2) is 0 Å². The standard InChI is InChI=1S/C54H70O/c1-7-11-15-19-27-45-41-29-23-25-31-43(41)47(33-21-17-13-9-3)51-49(45)37-35-39(5)53(51)55-54-40(6)36-38-50-46(28-20-16-12-8-2)42-30-24-26-32-44(42)48(52(50)54)34-22-18-14-10-4/h23-26,29-32,35-38H,7-22,27-28,33-34H2,1-6H3. The van der Waals surface area contributed by atoms with Gasteiger partial charge in [0, 0.05) is 10.8 Å². The van der Waals surface area contributed by atoms with Crippen molar-refractivity contribution in [2.75, 3.05) is 0 Å². The summed E-state index contributed by atoms with van der Waals surface area (Å²) in [4.78, 5) is 0. The molecule has 0 amide bonds. The topological polar surface area (TPSA) is 9.23 Å². The van der Waals surface area contributed by atoms with E-state index in [1.165, 1.54) is 179 Å². The van der Waals surface area contributed by atoms with E-state index in [1.807, 2.05) is 0 Å². The van der Waals surface area contributed by atoms with Crippen LogP contribution in [0.15, 0.2) is 72.8 Å². The molecule has 0 aliphatic rings. The number of rotatable bonds is 22. The molecule has 6 rings (SSSR count). The van der Waals surface area contributed by atoms with Crippen LogP contribution in [0.25, 0.3) is 43.1 Å². The van der Waals surface area contributed by atoms with E-state index >= 15 is 0 Å². The Labute approximate surface area is 334 Å². The van der Waals surface area contributed by atoms with Gasteiger partial charge in [0.1, 0.15) is 11.5 Å². The van der Waals surface area contributed by atoms with Crippen LogP contribution >= 0.6 is 0 Å². The van der Waals surface area contributed by atoms with E-state index in [0.29, 0.717) is 0 Å². The van der Waals surface area contributed by atoms with Crippen molar-refractivity contribution in [3.63, 3.8) is 0 Å². The van der Waals surface area contributed by atoms with Crippen molar-refractivity contribution in [1.82, 2.24) is 0 Å². The van der Waals surface area contributed by atoms with Gasteiger partial charge in [-0.3, -0.25) is 0 Å². The van der Waals surface area contributed by atoms with E-state index in [0.717, 1.165) is 37.2 Å². The molecule has 0 bridgehead atoms. The predicted molar refractivity (Wildman–Crippen MR) is 244 cm³/mol. The molecule has 0 atom stereocenters. The molecule has 292 valence electrons. The number of fused-ring (bicyclic) bond motifs is 4. The Morgan fingerprint density at radius 3 is 0.964 bits per heavy atom. The van der Waals surface area contributed by atoms with Gasteiger partial charge in [-0.15, -0.1) is 0 Å². The van der Waals surface area contributed by atoms with Gasteiger partial charge in [0.2, 0.25) is 0 Å². The van der Waals surface area contributed by atoms with Crippen LogP contribution in [0.4, 0.5) is 0 Å². The van der Waals surface area contributed by atoms with Crippen LogP contribution in [-0.2, 0) is 25.7 Å². The third-order valence-electron chi connectivity index (χ3n) is 12.4. The van der Waals surface area contributed by atoms with Crippen molar-refractivity contribution in [2.24, 2.45) is 0 Å². The zero-order chi connectivity index (χ0) is 38.6. The first-order valence-corrected chi connectivity index (χ1v) is 22.6. The highest BCUT2D eigenvalue weighted by Gasteiger charge is 2.23. The maximum atomic E-state index is 7.70. The Morgan fingerprint density at radius 1 is 0.327 bits per heavy atom. The second kappa shape index (κ2) is 20.4. The van der Waals surface area contributed by atoms with E-state index in [2.05, 4.69) is 114 Å². The Hall–Kier alpha value is -3.84. The van der Waals surface area contributed by atoms with Crippen molar-refractivity contribution in [2.45, 2.75) is 170 Å². The van der Waals surface area contributed by atoms with Crippen LogP contribution < -0.4 is 4.74 Å². The van der Waals surface area contributed by atoms with Crippen molar-refractivity contribution in [3.8, 4) is 11.5 Å². The molecule has 0 aromatic heterocycles. The molecule has 0 saturated heterocycles. The van der Waals surface area contributed by atoms with Crippen LogP contribution in [0.1, 0.15) is 164 Å². The van der Waals surface area contributed by atoms with Gasteiger partial charge >= 0.3 is 0 Å². The SMILES string of the molecule is CCCCCCc1c2ccccc2c(CCCCCC)c2c(Oc3c(C)ccc4c(CCCCCC)c5ccccc5c(CCCCCC)c34)c(C)ccc12. The van der Waals surface area contributed by atoms with Gasteiger partial charge in [-0.2, -0.15) is 0 Å². The van der Waals surface area contributed by atoms with Gasteiger partial charge < -0.3 is 4.74 Å². The molecule has 0 aliphatic heterocycles. The van der Waals surface area contributed by atoms with E-state index < -0.39 is 0 Å². The quantitative estimate of drug-likeness (QED) is 0.0498. The molecule has 0 unspecified atom stereocenters. The molecule has 0 N–H and O–H groups in total. The summed E-state index contributed by atoms with van der Waals surface area (Å²) < 4.78 is 7.70. The lowest BCUT2D eigenvalue weighted by Gasteiger charge is -2.24. The molecule has 0 saturated carbocycles. The minimum atomic E-state index is 1.08. The Kier molecular flexibility index (Phi) is 15.1. The fourth-order valence-corrected chi connectivity index (χ4v) is 9.39. The van der Waals surface area contributed by atoms with Gasteiger partial charge in [-0.25, -0.2) is 0 Å². The molecular formula is C54H70O. The summed E-state index contributed by atoms with van der Waals surface area (Å²) in [6, 6.07) is 28.2. The molecule has 55 heavy (non-hydrogen) atoms. The first-order valence-electron chi connectivity index (χ1n) is 22.6. The number of aryl methyl sites for hydroxylation is 6. The normalized spacial score (nSPS) is 11.8. The zero-order valence-corrected chi connectivity index (χ0v) is 35.5. The lowest BCUT2D eigenvalue weighted by molar-refractivity contribution is 0.486. The van der Waals surface area contributed by atoms with E-state index in [-0.39, 0.29) is 0 Å². The monoisotopic (exact) mass is 735 g/mol. The summed E-state index contributed by atoms with van der Waals surface area (Å²) in [5.74, 6) is 2.16. The van der Waals surface area contributed by atoms with Crippen molar-refractivity contribution >= 4 is 43.1 Å². The van der Waals surface area contributed by atoms with Crippen molar-refractivity contribution < 1.29 is 4.74 Å². The summed E-state index contributed by atoms with van der Waals surface area (Å²) >= 11 is 0. The maximum Gasteiger partial charge on any atom is 0.138 e. The van der Waals surface area contributed by atoms with Crippen LogP contribution in [0.2, 0.25) is 0 Å².